The van der Waals surface area contributed by atoms with Crippen LogP contribution in [0.1, 0.15) is 15.9 Å². The molecule has 0 aliphatic carbocycles. The maximum atomic E-state index is 12.1. The number of rotatable bonds is 7. The van der Waals surface area contributed by atoms with Gasteiger partial charge in [0.1, 0.15) is 6.04 Å². The van der Waals surface area contributed by atoms with Crippen LogP contribution in [0.25, 0.3) is 0 Å². The predicted molar refractivity (Wildman–Crippen MR) is 101 cm³/mol. The maximum absolute atomic E-state index is 12.1. The number of nitrogens with one attached hydrogen (secondary N) is 1. The topological polar surface area (TPSA) is 81.7 Å². The van der Waals surface area contributed by atoms with Gasteiger partial charge >= 0.3 is 11.9 Å². The molecule has 0 radical (unpaired) electrons. The lowest BCUT2D eigenvalue weighted by molar-refractivity contribution is -0.145. The summed E-state index contributed by atoms with van der Waals surface area (Å²) in [7, 11) is 1.23. The number of amides is 1. The predicted octanol–water partition coefficient (Wildman–Crippen LogP) is 3.05. The Labute approximate surface area is 166 Å². The van der Waals surface area contributed by atoms with Gasteiger partial charge < -0.3 is 14.8 Å². The fourth-order valence-corrected chi connectivity index (χ4v) is 2.77. The third-order valence-electron chi connectivity index (χ3n) is 3.59. The number of methoxy groups -OCH3 is 1. The average molecular weight is 410 g/mol. The molecule has 1 amide bonds. The molecular weight excluding hydrogens is 393 g/mol. The van der Waals surface area contributed by atoms with E-state index in [0.717, 1.165) is 5.56 Å². The fraction of sp³-hybridized carbons (Fsp3) is 0.211. The molecule has 0 saturated heterocycles. The van der Waals surface area contributed by atoms with E-state index < -0.39 is 30.5 Å². The van der Waals surface area contributed by atoms with Crippen LogP contribution in [-0.2, 0) is 25.5 Å². The van der Waals surface area contributed by atoms with Gasteiger partial charge in [-0.1, -0.05) is 53.5 Å². The fourth-order valence-electron chi connectivity index (χ4n) is 2.29. The molecule has 0 fully saturated rings. The van der Waals surface area contributed by atoms with Crippen LogP contribution in [0.15, 0.2) is 48.5 Å². The van der Waals surface area contributed by atoms with Crippen molar-refractivity contribution in [3.05, 3.63) is 69.7 Å². The molecule has 0 bridgehead atoms. The molecule has 0 saturated carbocycles. The van der Waals surface area contributed by atoms with Crippen molar-refractivity contribution in [3.63, 3.8) is 0 Å². The largest absolute Gasteiger partial charge is 0.467 e. The van der Waals surface area contributed by atoms with Gasteiger partial charge in [-0.05, 0) is 23.8 Å². The molecule has 2 rings (SSSR count). The summed E-state index contributed by atoms with van der Waals surface area (Å²) < 4.78 is 9.66. The molecule has 27 heavy (non-hydrogen) atoms. The Balaban J connectivity index is 1.94. The van der Waals surface area contributed by atoms with Crippen LogP contribution in [0.4, 0.5) is 0 Å². The molecule has 2 aromatic carbocycles. The Bertz CT molecular complexity index is 826. The Morgan fingerprint density at radius 1 is 1.07 bits per heavy atom. The summed E-state index contributed by atoms with van der Waals surface area (Å²) in [5.41, 5.74) is 0.931. The van der Waals surface area contributed by atoms with Gasteiger partial charge in [-0.25, -0.2) is 9.59 Å². The summed E-state index contributed by atoms with van der Waals surface area (Å²) in [5, 5.41) is 2.99. The first-order valence-corrected chi connectivity index (χ1v) is 8.69. The number of ether oxygens (including phenoxy) is 2. The highest BCUT2D eigenvalue weighted by Crippen LogP contribution is 2.21. The summed E-state index contributed by atoms with van der Waals surface area (Å²) in [5.74, 6) is -2.01. The first-order valence-electron chi connectivity index (χ1n) is 7.94. The number of benzene rings is 2. The summed E-state index contributed by atoms with van der Waals surface area (Å²) >= 11 is 11.7. The molecule has 0 aliphatic heterocycles. The van der Waals surface area contributed by atoms with Gasteiger partial charge in [0.25, 0.3) is 5.91 Å². The van der Waals surface area contributed by atoms with Crippen LogP contribution in [0.5, 0.6) is 0 Å². The zero-order valence-electron chi connectivity index (χ0n) is 14.4. The van der Waals surface area contributed by atoms with Gasteiger partial charge in [-0.2, -0.15) is 0 Å². The molecule has 8 heteroatoms. The van der Waals surface area contributed by atoms with Gasteiger partial charge in [0.05, 0.1) is 17.7 Å². The van der Waals surface area contributed by atoms with E-state index in [4.69, 9.17) is 32.7 Å². The van der Waals surface area contributed by atoms with E-state index >= 15 is 0 Å². The molecule has 0 aromatic heterocycles. The van der Waals surface area contributed by atoms with E-state index in [1.54, 1.807) is 0 Å². The Hall–Kier alpha value is -2.57. The zero-order chi connectivity index (χ0) is 19.8. The first kappa shape index (κ1) is 20.7. The lowest BCUT2D eigenvalue weighted by atomic mass is 10.1. The molecule has 0 aliphatic rings. The number of hydrogen-bond acceptors (Lipinski definition) is 5. The van der Waals surface area contributed by atoms with Gasteiger partial charge in [0.2, 0.25) is 0 Å². The van der Waals surface area contributed by atoms with Crippen molar-refractivity contribution in [2.24, 2.45) is 0 Å². The van der Waals surface area contributed by atoms with E-state index in [2.05, 4.69) is 5.32 Å². The quantitative estimate of drug-likeness (QED) is 0.710. The van der Waals surface area contributed by atoms with Gasteiger partial charge in [-0.15, -0.1) is 0 Å². The van der Waals surface area contributed by atoms with Gasteiger partial charge in [0.15, 0.2) is 6.61 Å². The summed E-state index contributed by atoms with van der Waals surface area (Å²) in [6.07, 6.45) is 0.246. The van der Waals surface area contributed by atoms with Crippen molar-refractivity contribution in [3.8, 4) is 0 Å². The number of halogens is 2. The monoisotopic (exact) mass is 409 g/mol. The van der Waals surface area contributed by atoms with E-state index in [0.29, 0.717) is 5.02 Å². The van der Waals surface area contributed by atoms with Crippen LogP contribution in [0, 0.1) is 0 Å². The third kappa shape index (κ3) is 6.27. The molecule has 142 valence electrons. The molecule has 1 atom stereocenters. The molecule has 0 spiro atoms. The zero-order valence-corrected chi connectivity index (χ0v) is 15.9. The van der Waals surface area contributed by atoms with Crippen LogP contribution in [0.3, 0.4) is 0 Å². The summed E-state index contributed by atoms with van der Waals surface area (Å²) in [4.78, 5) is 36.0. The molecule has 6 nitrogen and oxygen atoms in total. The van der Waals surface area contributed by atoms with Crippen molar-refractivity contribution < 1.29 is 23.9 Å². The highest BCUT2D eigenvalue weighted by Gasteiger charge is 2.23. The average Bonchev–Trinajstić information content (AvgIpc) is 2.65. The Morgan fingerprint density at radius 3 is 2.41 bits per heavy atom. The SMILES string of the molecule is COC(=O)C(Cc1ccccc1)NC(=O)COC(=O)c1ccc(Cl)cc1Cl. The van der Waals surface area contributed by atoms with Crippen molar-refractivity contribution in [2.75, 3.05) is 13.7 Å². The van der Waals surface area contributed by atoms with Gasteiger partial charge in [0, 0.05) is 11.4 Å². The second kappa shape index (κ2) is 9.94. The summed E-state index contributed by atoms with van der Waals surface area (Å²) in [6, 6.07) is 12.5. The first-order chi connectivity index (χ1) is 12.9. The van der Waals surface area contributed by atoms with Crippen molar-refractivity contribution in [1.82, 2.24) is 5.32 Å². The number of esters is 2. The van der Waals surface area contributed by atoms with E-state index in [1.807, 2.05) is 30.3 Å². The van der Waals surface area contributed by atoms with Crippen molar-refractivity contribution in [1.29, 1.82) is 0 Å². The second-order valence-electron chi connectivity index (χ2n) is 5.53. The highest BCUT2D eigenvalue weighted by molar-refractivity contribution is 6.36. The van der Waals surface area contributed by atoms with Gasteiger partial charge in [-0.3, -0.25) is 4.79 Å². The molecule has 2 aromatic rings. The van der Waals surface area contributed by atoms with Crippen molar-refractivity contribution >= 4 is 41.0 Å². The number of carbonyl (C=O) groups is 3. The smallest absolute Gasteiger partial charge is 0.340 e. The van der Waals surface area contributed by atoms with E-state index in [9.17, 15) is 14.4 Å². The highest BCUT2D eigenvalue weighted by atomic mass is 35.5. The molecule has 1 N–H and O–H groups in total. The third-order valence-corrected chi connectivity index (χ3v) is 4.14. The Kier molecular flexibility index (Phi) is 7.64. The number of carbonyl (C=O) groups excluding carboxylic acids is 3. The Morgan fingerprint density at radius 2 is 1.78 bits per heavy atom. The lowest BCUT2D eigenvalue weighted by Gasteiger charge is -2.16. The minimum atomic E-state index is -0.900. The van der Waals surface area contributed by atoms with Crippen molar-refractivity contribution in [2.45, 2.75) is 12.5 Å². The van der Waals surface area contributed by atoms with Crippen LogP contribution in [0.2, 0.25) is 10.0 Å². The van der Waals surface area contributed by atoms with Crippen LogP contribution in [-0.4, -0.2) is 37.6 Å². The minimum Gasteiger partial charge on any atom is -0.467 e. The summed E-state index contributed by atoms with van der Waals surface area (Å²) in [6.45, 7) is -0.569. The molecule has 1 unspecified atom stereocenters. The van der Waals surface area contributed by atoms with Crippen LogP contribution < -0.4 is 5.32 Å². The second-order valence-corrected chi connectivity index (χ2v) is 6.38. The van der Waals surface area contributed by atoms with E-state index in [-0.39, 0.29) is 17.0 Å². The van der Waals surface area contributed by atoms with Crippen LogP contribution >= 0.6 is 23.2 Å². The molecule has 0 heterocycles. The maximum Gasteiger partial charge on any atom is 0.340 e. The van der Waals surface area contributed by atoms with E-state index in [1.165, 1.54) is 25.3 Å². The molecular formula is C19H17Cl2NO5. The lowest BCUT2D eigenvalue weighted by Crippen LogP contribution is -2.44. The minimum absolute atomic E-state index is 0.0858. The standard InChI is InChI=1S/C19H17Cl2NO5/c1-26-19(25)16(9-12-5-3-2-4-6-12)22-17(23)11-27-18(24)14-8-7-13(20)10-15(14)21/h2-8,10,16H,9,11H2,1H3,(H,22,23). The number of hydrogen-bond donors (Lipinski definition) is 1. The normalized spacial score (nSPS) is 11.4.